The van der Waals surface area contributed by atoms with Crippen LogP contribution in [0.3, 0.4) is 0 Å². The summed E-state index contributed by atoms with van der Waals surface area (Å²) in [6, 6.07) is 11.6. The van der Waals surface area contributed by atoms with Crippen molar-refractivity contribution in [3.05, 3.63) is 54.1 Å². The fourth-order valence-electron chi connectivity index (χ4n) is 5.07. The van der Waals surface area contributed by atoms with E-state index in [-0.39, 0.29) is 47.7 Å². The van der Waals surface area contributed by atoms with E-state index >= 15 is 0 Å². The Morgan fingerprint density at radius 3 is 2.50 bits per heavy atom. The summed E-state index contributed by atoms with van der Waals surface area (Å²) in [5.74, 6) is -1.36. The van der Waals surface area contributed by atoms with Gasteiger partial charge in [-0.05, 0) is 63.4 Å². The Hall–Kier alpha value is -3.36. The van der Waals surface area contributed by atoms with E-state index < -0.39 is 58.9 Å². The van der Waals surface area contributed by atoms with Crippen LogP contribution >= 0.6 is 0 Å². The van der Waals surface area contributed by atoms with Crippen LogP contribution in [0.1, 0.15) is 63.2 Å². The average Bonchev–Trinajstić information content (AvgIpc) is 3.01. The molecule has 2 N–H and O–H groups in total. The summed E-state index contributed by atoms with van der Waals surface area (Å²) in [6.45, 7) is 5.33. The monoisotopic (exact) mass is 671 g/mol. The number of nitrogens with one attached hydrogen (secondary N) is 1. The molecule has 0 saturated carbocycles. The second-order valence-corrected chi connectivity index (χ2v) is 13.5. The van der Waals surface area contributed by atoms with Crippen molar-refractivity contribution >= 4 is 27.5 Å². The summed E-state index contributed by atoms with van der Waals surface area (Å²) < 4.78 is 79.1. The van der Waals surface area contributed by atoms with Crippen molar-refractivity contribution < 1.29 is 45.8 Å². The summed E-state index contributed by atoms with van der Waals surface area (Å²) in [4.78, 5) is 29.4. The first kappa shape index (κ1) is 37.1. The molecule has 1 aliphatic rings. The van der Waals surface area contributed by atoms with Crippen molar-refractivity contribution in [3.63, 3.8) is 0 Å². The Morgan fingerprint density at radius 1 is 1.15 bits per heavy atom. The van der Waals surface area contributed by atoms with Crippen LogP contribution in [0.2, 0.25) is 0 Å². The molecule has 2 aromatic rings. The van der Waals surface area contributed by atoms with Gasteiger partial charge in [0.2, 0.25) is 5.91 Å². The highest BCUT2D eigenvalue weighted by Crippen LogP contribution is 2.30. The van der Waals surface area contributed by atoms with Crippen LogP contribution in [0.15, 0.2) is 53.4 Å². The molecule has 4 atom stereocenters. The Labute approximate surface area is 268 Å². The van der Waals surface area contributed by atoms with Crippen LogP contribution < -0.4 is 9.46 Å². The number of anilines is 1. The van der Waals surface area contributed by atoms with E-state index in [4.69, 9.17) is 9.47 Å². The van der Waals surface area contributed by atoms with Crippen molar-refractivity contribution in [3.8, 4) is 5.75 Å². The number of nitrogens with zero attached hydrogens (tertiary/aromatic N) is 2. The van der Waals surface area contributed by atoms with Gasteiger partial charge >= 0.3 is 6.18 Å². The molecule has 1 heterocycles. The Kier molecular flexibility index (Phi) is 13.3. The number of hydrogen-bond acceptors (Lipinski definition) is 7. The Balaban J connectivity index is 1.95. The summed E-state index contributed by atoms with van der Waals surface area (Å²) >= 11 is 0. The number of aliphatic hydroxyl groups excluding tert-OH is 1. The van der Waals surface area contributed by atoms with Gasteiger partial charge < -0.3 is 24.4 Å². The number of alkyl halides is 3. The van der Waals surface area contributed by atoms with Crippen molar-refractivity contribution in [1.82, 2.24) is 9.80 Å². The first-order valence-corrected chi connectivity index (χ1v) is 16.8. The van der Waals surface area contributed by atoms with Crippen LogP contribution in [0.25, 0.3) is 0 Å². The molecule has 0 aliphatic carbocycles. The maximum absolute atomic E-state index is 14.2. The van der Waals surface area contributed by atoms with Gasteiger partial charge in [0, 0.05) is 44.8 Å². The lowest BCUT2D eigenvalue weighted by atomic mass is 10.0. The van der Waals surface area contributed by atoms with Gasteiger partial charge in [-0.25, -0.2) is 8.42 Å². The number of aliphatic hydroxyl groups is 1. The number of fused-ring (bicyclic) bond motifs is 1. The molecule has 0 bridgehead atoms. The summed E-state index contributed by atoms with van der Waals surface area (Å²) in [6.07, 6.45) is -5.30. The van der Waals surface area contributed by atoms with Crippen molar-refractivity contribution in [1.29, 1.82) is 0 Å². The molecule has 1 aliphatic heterocycles. The number of benzene rings is 2. The number of halogens is 3. The molecule has 14 heteroatoms. The van der Waals surface area contributed by atoms with Gasteiger partial charge in [0.25, 0.3) is 15.9 Å². The zero-order valence-corrected chi connectivity index (χ0v) is 27.4. The molecule has 0 aromatic heterocycles. The summed E-state index contributed by atoms with van der Waals surface area (Å²) in [5.41, 5.74) is 0.222. The van der Waals surface area contributed by atoms with Gasteiger partial charge in [0.1, 0.15) is 5.75 Å². The number of carbonyl (C=O) groups is 2. The number of rotatable bonds is 9. The standard InChI is InChI=1S/C32H44F3N3O7S/c1-22-19-38(23(2)21-39)31(41)27-18-25(36-46(42,43)26-11-6-5-7-12-26)13-14-28(27)45-24(3)10-8-9-17-44-29(22)20-37(4)30(40)15-16-32(33,34)35/h5-7,11-14,18,22-24,29,36,39H,8-10,15-17,19-21H2,1-4H3/t22-,23+,24-,29+/m1/s1. The van der Waals surface area contributed by atoms with Crippen LogP contribution in [-0.4, -0.2) is 92.9 Å². The van der Waals surface area contributed by atoms with E-state index in [0.717, 1.165) is 0 Å². The number of carbonyl (C=O) groups excluding carboxylic acids is 2. The predicted octanol–water partition coefficient (Wildman–Crippen LogP) is 5.08. The first-order valence-electron chi connectivity index (χ1n) is 15.3. The zero-order chi connectivity index (χ0) is 34.1. The number of sulfonamides is 1. The average molecular weight is 672 g/mol. The molecule has 0 radical (unpaired) electrons. The lowest BCUT2D eigenvalue weighted by Crippen LogP contribution is -2.48. The molecule has 0 unspecified atom stereocenters. The number of ether oxygens (including phenoxy) is 2. The molecule has 256 valence electrons. The number of amides is 2. The fourth-order valence-corrected chi connectivity index (χ4v) is 6.14. The second kappa shape index (κ2) is 16.5. The molecule has 3 rings (SSSR count). The van der Waals surface area contributed by atoms with Crippen molar-refractivity contribution in [2.45, 2.75) is 82.2 Å². The lowest BCUT2D eigenvalue weighted by molar-refractivity contribution is -0.149. The number of hydrogen-bond donors (Lipinski definition) is 2. The molecule has 0 spiro atoms. The molecular weight excluding hydrogens is 627 g/mol. The van der Waals surface area contributed by atoms with Gasteiger partial charge in [-0.3, -0.25) is 14.3 Å². The molecule has 2 aromatic carbocycles. The maximum atomic E-state index is 14.2. The SMILES string of the molecule is C[C@@H]1CCCCO[C@@H](CN(C)C(=O)CCC(F)(F)F)[C@H](C)CN([C@@H](C)CO)C(=O)c2cc(NS(=O)(=O)c3ccccc3)ccc2O1. The molecule has 10 nitrogen and oxygen atoms in total. The van der Waals surface area contributed by atoms with Crippen LogP contribution in [0.5, 0.6) is 5.75 Å². The van der Waals surface area contributed by atoms with Crippen LogP contribution in [0, 0.1) is 5.92 Å². The zero-order valence-electron chi connectivity index (χ0n) is 26.6. The minimum Gasteiger partial charge on any atom is -0.490 e. The third kappa shape index (κ3) is 10.9. The maximum Gasteiger partial charge on any atom is 0.389 e. The summed E-state index contributed by atoms with van der Waals surface area (Å²) in [7, 11) is -2.54. The van der Waals surface area contributed by atoms with E-state index in [1.165, 1.54) is 47.2 Å². The van der Waals surface area contributed by atoms with Gasteiger partial charge in [0.05, 0.1) is 41.7 Å². The van der Waals surface area contributed by atoms with E-state index in [1.54, 1.807) is 32.0 Å². The third-order valence-corrected chi connectivity index (χ3v) is 9.26. The molecule has 0 fully saturated rings. The van der Waals surface area contributed by atoms with Crippen molar-refractivity contribution in [2.75, 3.05) is 38.1 Å². The van der Waals surface area contributed by atoms with Crippen molar-refractivity contribution in [2.24, 2.45) is 5.92 Å². The van der Waals surface area contributed by atoms with E-state index in [1.807, 2.05) is 6.92 Å². The minimum absolute atomic E-state index is 0.00884. The quantitative estimate of drug-likeness (QED) is 0.381. The van der Waals surface area contributed by atoms with E-state index in [9.17, 15) is 36.3 Å². The van der Waals surface area contributed by atoms with Gasteiger partial charge in [0.15, 0.2) is 0 Å². The van der Waals surface area contributed by atoms with Gasteiger partial charge in [-0.15, -0.1) is 0 Å². The lowest BCUT2D eigenvalue weighted by Gasteiger charge is -2.36. The summed E-state index contributed by atoms with van der Waals surface area (Å²) in [5, 5.41) is 10.1. The molecule has 46 heavy (non-hydrogen) atoms. The normalized spacial score (nSPS) is 21.0. The van der Waals surface area contributed by atoms with Crippen LogP contribution in [0.4, 0.5) is 18.9 Å². The van der Waals surface area contributed by atoms with Gasteiger partial charge in [-0.1, -0.05) is 25.1 Å². The van der Waals surface area contributed by atoms with Crippen LogP contribution in [-0.2, 0) is 19.6 Å². The predicted molar refractivity (Wildman–Crippen MR) is 167 cm³/mol. The Bertz CT molecular complexity index is 1410. The highest BCUT2D eigenvalue weighted by atomic mass is 32.2. The fraction of sp³-hybridized carbons (Fsp3) is 0.562. The first-order chi connectivity index (χ1) is 21.6. The number of likely N-dealkylation sites (N-methyl/N-ethyl adjacent to an activating group) is 1. The topological polar surface area (TPSA) is 125 Å². The molecule has 0 saturated heterocycles. The second-order valence-electron chi connectivity index (χ2n) is 11.8. The van der Waals surface area contributed by atoms with E-state index in [0.29, 0.717) is 25.9 Å². The smallest absolute Gasteiger partial charge is 0.389 e. The minimum atomic E-state index is -4.45. The molecule has 2 amide bonds. The third-order valence-electron chi connectivity index (χ3n) is 7.86. The highest BCUT2D eigenvalue weighted by Gasteiger charge is 2.32. The van der Waals surface area contributed by atoms with Gasteiger partial charge in [-0.2, -0.15) is 13.2 Å². The highest BCUT2D eigenvalue weighted by molar-refractivity contribution is 7.92. The Morgan fingerprint density at radius 2 is 1.85 bits per heavy atom. The van der Waals surface area contributed by atoms with E-state index in [2.05, 4.69) is 4.72 Å². The largest absolute Gasteiger partial charge is 0.490 e. The molecular formula is C32H44F3N3O7S.